The second-order valence-electron chi connectivity index (χ2n) is 14.0. The fourth-order valence-electron chi connectivity index (χ4n) is 9.92. The van der Waals surface area contributed by atoms with Gasteiger partial charge in [0.25, 0.3) is 0 Å². The van der Waals surface area contributed by atoms with Crippen molar-refractivity contribution in [2.75, 3.05) is 0 Å². The Morgan fingerprint density at radius 2 is 1.66 bits per heavy atom. The van der Waals surface area contributed by atoms with Gasteiger partial charge in [-0.15, -0.1) is 0 Å². The average molecular weight is 489 g/mol. The highest BCUT2D eigenvalue weighted by Gasteiger charge is 2.76. The van der Waals surface area contributed by atoms with Crippen LogP contribution in [0.3, 0.4) is 0 Å². The zero-order valence-corrected chi connectivity index (χ0v) is 23.0. The maximum atomic E-state index is 14.8. The molecule has 0 bridgehead atoms. The minimum absolute atomic E-state index is 0.113. The van der Waals surface area contributed by atoms with Gasteiger partial charge in [-0.2, -0.15) is 0 Å². The van der Waals surface area contributed by atoms with Crippen molar-refractivity contribution < 1.29 is 24.9 Å². The van der Waals surface area contributed by atoms with E-state index in [0.717, 1.165) is 44.9 Å². The first-order valence-electron chi connectivity index (χ1n) is 13.9. The molecule has 198 valence electrons. The molecule has 35 heavy (non-hydrogen) atoms. The van der Waals surface area contributed by atoms with Gasteiger partial charge >= 0.3 is 5.97 Å². The van der Waals surface area contributed by atoms with Crippen LogP contribution >= 0.6 is 0 Å². The van der Waals surface area contributed by atoms with Gasteiger partial charge in [-0.3, -0.25) is 4.79 Å². The molecule has 4 fully saturated rings. The van der Waals surface area contributed by atoms with E-state index < -0.39 is 29.0 Å². The van der Waals surface area contributed by atoms with Gasteiger partial charge < -0.3 is 15.3 Å². The molecule has 0 amide bonds. The van der Waals surface area contributed by atoms with E-state index in [4.69, 9.17) is 5.11 Å². The van der Waals surface area contributed by atoms with E-state index in [2.05, 4.69) is 41.5 Å². The number of aliphatic hydroxyl groups is 2. The first kappa shape index (κ1) is 26.9. The molecule has 4 rings (SSSR count). The van der Waals surface area contributed by atoms with E-state index in [0.29, 0.717) is 36.0 Å². The molecular formula is C30H48O5. The summed E-state index contributed by atoms with van der Waals surface area (Å²) in [5, 5.41) is 31.6. The maximum absolute atomic E-state index is 14.8. The van der Waals surface area contributed by atoms with Crippen molar-refractivity contribution in [1.29, 1.82) is 0 Å². The number of fused-ring (bicyclic) bond motifs is 3. The van der Waals surface area contributed by atoms with Gasteiger partial charge in [0, 0.05) is 11.0 Å². The number of carboxylic acid groups (broad SMARTS) is 1. The van der Waals surface area contributed by atoms with E-state index >= 15 is 0 Å². The molecule has 0 aliphatic heterocycles. The summed E-state index contributed by atoms with van der Waals surface area (Å²) in [6.45, 7) is 14.9. The lowest BCUT2D eigenvalue weighted by molar-refractivity contribution is -0.186. The highest BCUT2D eigenvalue weighted by atomic mass is 16.4. The highest BCUT2D eigenvalue weighted by Crippen LogP contribution is 2.75. The first-order chi connectivity index (χ1) is 16.1. The largest absolute Gasteiger partial charge is 0.478 e. The Balaban J connectivity index is 1.62. The fourth-order valence-corrected chi connectivity index (χ4v) is 9.92. The topological polar surface area (TPSA) is 94.8 Å². The van der Waals surface area contributed by atoms with Crippen LogP contribution in [-0.2, 0) is 9.59 Å². The van der Waals surface area contributed by atoms with Crippen LogP contribution in [0.25, 0.3) is 0 Å². The van der Waals surface area contributed by atoms with Crippen LogP contribution in [0.2, 0.25) is 0 Å². The van der Waals surface area contributed by atoms with Crippen LogP contribution in [0.4, 0.5) is 0 Å². The summed E-state index contributed by atoms with van der Waals surface area (Å²) in [6.07, 6.45) is 8.11. The standard InChI is InChI=1S/C30H48O5/c1-18(9-8-10-19(2)24(33)34)20-11-13-29(7)25(35)30(16-15-27(20,29)5)23(32)17-21-26(3,4)22(31)12-14-28(21,30)6/h10,18,20-23,31-32H,8-9,11-17H2,1-7H3,(H,33,34)/b19-10-. The number of carboxylic acids is 1. The van der Waals surface area contributed by atoms with Crippen LogP contribution in [-0.4, -0.2) is 39.3 Å². The Kier molecular flexibility index (Phi) is 6.45. The Morgan fingerprint density at radius 1 is 1.00 bits per heavy atom. The number of ketones is 1. The van der Waals surface area contributed by atoms with Crippen molar-refractivity contribution in [3.05, 3.63) is 11.6 Å². The number of rotatable bonds is 5. The summed E-state index contributed by atoms with van der Waals surface area (Å²) < 4.78 is 0. The van der Waals surface area contributed by atoms with Gasteiger partial charge in [-0.1, -0.05) is 47.6 Å². The quantitative estimate of drug-likeness (QED) is 0.427. The lowest BCUT2D eigenvalue weighted by Gasteiger charge is -2.62. The monoisotopic (exact) mass is 488 g/mol. The summed E-state index contributed by atoms with van der Waals surface area (Å²) in [4.78, 5) is 25.9. The van der Waals surface area contributed by atoms with Gasteiger partial charge in [0.1, 0.15) is 5.78 Å². The van der Waals surface area contributed by atoms with Gasteiger partial charge in [0.05, 0.1) is 17.6 Å². The van der Waals surface area contributed by atoms with E-state index in [1.807, 2.05) is 6.08 Å². The minimum Gasteiger partial charge on any atom is -0.478 e. The molecule has 0 radical (unpaired) electrons. The van der Waals surface area contributed by atoms with Crippen LogP contribution in [0.1, 0.15) is 106 Å². The normalized spacial score (nSPS) is 48.0. The lowest BCUT2D eigenvalue weighted by atomic mass is 9.41. The summed E-state index contributed by atoms with van der Waals surface area (Å²) in [5.41, 5.74) is -1.50. The molecular weight excluding hydrogens is 440 g/mol. The van der Waals surface area contributed by atoms with Crippen molar-refractivity contribution in [3.63, 3.8) is 0 Å². The van der Waals surface area contributed by atoms with Crippen LogP contribution in [0, 0.1) is 44.8 Å². The molecule has 5 heteroatoms. The number of aliphatic carboxylic acids is 1. The third kappa shape index (κ3) is 3.39. The Bertz CT molecular complexity index is 922. The molecule has 0 aromatic heterocycles. The maximum Gasteiger partial charge on any atom is 0.330 e. The number of Topliss-reactive ketones (excluding diaryl/α,β-unsaturated/α-hetero) is 1. The second-order valence-corrected chi connectivity index (χ2v) is 14.0. The fraction of sp³-hybridized carbons (Fsp3) is 0.867. The molecule has 4 aliphatic carbocycles. The highest BCUT2D eigenvalue weighted by molar-refractivity contribution is 5.94. The Morgan fingerprint density at radius 3 is 2.29 bits per heavy atom. The van der Waals surface area contributed by atoms with Crippen molar-refractivity contribution in [2.24, 2.45) is 44.8 Å². The molecule has 9 atom stereocenters. The van der Waals surface area contributed by atoms with E-state index in [9.17, 15) is 19.8 Å². The second kappa shape index (κ2) is 8.41. The molecule has 5 nitrogen and oxygen atoms in total. The molecule has 0 saturated heterocycles. The smallest absolute Gasteiger partial charge is 0.330 e. The predicted molar refractivity (Wildman–Crippen MR) is 137 cm³/mol. The van der Waals surface area contributed by atoms with Crippen LogP contribution < -0.4 is 0 Å². The number of carbonyl (C=O) groups is 2. The third-order valence-corrected chi connectivity index (χ3v) is 12.6. The molecule has 4 aliphatic rings. The minimum atomic E-state index is -0.860. The number of hydrogen-bond donors (Lipinski definition) is 3. The molecule has 3 N–H and O–H groups in total. The van der Waals surface area contributed by atoms with Crippen molar-refractivity contribution >= 4 is 11.8 Å². The van der Waals surface area contributed by atoms with Crippen molar-refractivity contribution in [3.8, 4) is 0 Å². The zero-order valence-electron chi connectivity index (χ0n) is 23.0. The number of aliphatic hydroxyl groups excluding tert-OH is 2. The summed E-state index contributed by atoms with van der Waals surface area (Å²) >= 11 is 0. The molecule has 0 aromatic carbocycles. The molecule has 0 heterocycles. The van der Waals surface area contributed by atoms with Gasteiger partial charge in [-0.25, -0.2) is 4.79 Å². The molecule has 1 spiro atoms. The zero-order chi connectivity index (χ0) is 26.2. The summed E-state index contributed by atoms with van der Waals surface area (Å²) in [5.74, 6) is 0.383. The van der Waals surface area contributed by atoms with Gasteiger partial charge in [0.2, 0.25) is 0 Å². The average Bonchev–Trinajstić information content (AvgIpc) is 3.19. The van der Waals surface area contributed by atoms with Gasteiger partial charge in [0.15, 0.2) is 0 Å². The molecule has 9 unspecified atom stereocenters. The van der Waals surface area contributed by atoms with Crippen LogP contribution in [0.15, 0.2) is 11.6 Å². The van der Waals surface area contributed by atoms with E-state index in [1.165, 1.54) is 0 Å². The lowest BCUT2D eigenvalue weighted by Crippen LogP contribution is -2.64. The first-order valence-corrected chi connectivity index (χ1v) is 13.9. The number of hydrogen-bond acceptors (Lipinski definition) is 4. The van der Waals surface area contributed by atoms with E-state index in [1.54, 1.807) is 6.92 Å². The van der Waals surface area contributed by atoms with Gasteiger partial charge in [-0.05, 0) is 98.7 Å². The SMILES string of the molecule is C/C(=C/CCC(C)C1CCC2(C)C(=O)C3(CCC12C)C(O)CC1C(C)(C)C(O)CCC13C)C(=O)O. The number of carbonyl (C=O) groups excluding carboxylic acids is 1. The summed E-state index contributed by atoms with van der Waals surface area (Å²) in [6, 6.07) is 0. The Hall–Kier alpha value is -1.20. The van der Waals surface area contributed by atoms with Crippen molar-refractivity contribution in [2.45, 2.75) is 118 Å². The van der Waals surface area contributed by atoms with E-state index in [-0.39, 0.29) is 22.2 Å². The molecule has 4 saturated carbocycles. The predicted octanol–water partition coefficient (Wildman–Crippen LogP) is 5.77. The third-order valence-electron chi connectivity index (χ3n) is 12.6. The number of allylic oxidation sites excluding steroid dienone is 1. The summed E-state index contributed by atoms with van der Waals surface area (Å²) in [7, 11) is 0. The van der Waals surface area contributed by atoms with Crippen molar-refractivity contribution in [1.82, 2.24) is 0 Å². The Labute approximate surface area is 211 Å². The molecule has 0 aromatic rings. The van der Waals surface area contributed by atoms with Crippen LogP contribution in [0.5, 0.6) is 0 Å².